The van der Waals surface area contributed by atoms with Crippen molar-refractivity contribution in [2.45, 2.75) is 37.3 Å². The molecule has 106 valence electrons. The first-order valence-electron chi connectivity index (χ1n) is 6.25. The van der Waals surface area contributed by atoms with E-state index in [4.69, 9.17) is 0 Å². The molecule has 1 saturated carbocycles. The number of hydrogen-bond donors (Lipinski definition) is 3. The second-order valence-electron chi connectivity index (χ2n) is 5.51. The van der Waals surface area contributed by atoms with Crippen molar-refractivity contribution in [3.05, 3.63) is 24.3 Å². The molecule has 0 spiro atoms. The van der Waals surface area contributed by atoms with Crippen molar-refractivity contribution in [2.24, 2.45) is 5.41 Å². The van der Waals surface area contributed by atoms with Crippen LogP contribution in [0.25, 0.3) is 0 Å². The summed E-state index contributed by atoms with van der Waals surface area (Å²) in [6.07, 6.45) is 0.366. The van der Waals surface area contributed by atoms with Crippen molar-refractivity contribution in [2.75, 3.05) is 12.4 Å². The first-order chi connectivity index (χ1) is 8.77. The maximum Gasteiger partial charge on any atom is 0.240 e. The fraction of sp³-hybridized carbons (Fsp3) is 0.538. The van der Waals surface area contributed by atoms with Crippen LogP contribution in [-0.4, -0.2) is 32.7 Å². The van der Waals surface area contributed by atoms with Gasteiger partial charge in [-0.25, -0.2) is 13.1 Å². The largest absolute Gasteiger partial charge is 0.392 e. The minimum Gasteiger partial charge on any atom is -0.392 e. The molecule has 0 amide bonds. The van der Waals surface area contributed by atoms with Crippen LogP contribution >= 0.6 is 0 Å². The third-order valence-electron chi connectivity index (χ3n) is 3.97. The highest BCUT2D eigenvalue weighted by Gasteiger charge is 2.47. The van der Waals surface area contributed by atoms with E-state index >= 15 is 0 Å². The fourth-order valence-corrected chi connectivity index (χ4v) is 3.00. The molecule has 0 saturated heterocycles. The van der Waals surface area contributed by atoms with Gasteiger partial charge in [0.25, 0.3) is 0 Å². The van der Waals surface area contributed by atoms with E-state index in [1.165, 1.54) is 7.05 Å². The molecule has 1 aromatic carbocycles. The van der Waals surface area contributed by atoms with E-state index in [1.807, 2.05) is 19.9 Å². The van der Waals surface area contributed by atoms with Crippen molar-refractivity contribution in [1.29, 1.82) is 0 Å². The Balaban J connectivity index is 2.17. The zero-order valence-corrected chi connectivity index (χ0v) is 12.2. The molecule has 5 nitrogen and oxygen atoms in total. The molecule has 0 heterocycles. The Labute approximate surface area is 114 Å². The molecule has 2 unspecified atom stereocenters. The predicted octanol–water partition coefficient (Wildman–Crippen LogP) is 1.17. The number of hydrogen-bond acceptors (Lipinski definition) is 4. The van der Waals surface area contributed by atoms with Gasteiger partial charge in [-0.1, -0.05) is 19.9 Å². The molecule has 2 rings (SSSR count). The normalized spacial score (nSPS) is 25.7. The molecule has 6 heteroatoms. The quantitative estimate of drug-likeness (QED) is 0.775. The third kappa shape index (κ3) is 2.61. The highest BCUT2D eigenvalue weighted by Crippen LogP contribution is 2.42. The Bertz CT molecular complexity index is 569. The van der Waals surface area contributed by atoms with Gasteiger partial charge < -0.3 is 10.4 Å². The van der Waals surface area contributed by atoms with E-state index in [1.54, 1.807) is 18.2 Å². The topological polar surface area (TPSA) is 78.4 Å². The van der Waals surface area contributed by atoms with E-state index in [0.29, 0.717) is 6.42 Å². The van der Waals surface area contributed by atoms with Crippen LogP contribution in [0.3, 0.4) is 0 Å². The number of nitrogens with one attached hydrogen (secondary N) is 2. The number of aliphatic hydroxyl groups is 1. The van der Waals surface area contributed by atoms with Crippen LogP contribution < -0.4 is 10.0 Å². The predicted molar refractivity (Wildman–Crippen MR) is 74.5 cm³/mol. The van der Waals surface area contributed by atoms with Gasteiger partial charge in [0.2, 0.25) is 10.0 Å². The van der Waals surface area contributed by atoms with Gasteiger partial charge in [-0.15, -0.1) is 0 Å². The summed E-state index contributed by atoms with van der Waals surface area (Å²) in [7, 11) is -2.03. The van der Waals surface area contributed by atoms with Gasteiger partial charge >= 0.3 is 0 Å². The summed E-state index contributed by atoms with van der Waals surface area (Å²) >= 11 is 0. The average Bonchev–Trinajstić information content (AvgIpc) is 2.39. The minimum absolute atomic E-state index is 0.148. The van der Waals surface area contributed by atoms with Crippen LogP contribution in [0.4, 0.5) is 5.69 Å². The fourth-order valence-electron chi connectivity index (χ4n) is 2.22. The summed E-state index contributed by atoms with van der Waals surface area (Å²) < 4.78 is 25.7. The highest BCUT2D eigenvalue weighted by molar-refractivity contribution is 7.89. The van der Waals surface area contributed by atoms with Crippen LogP contribution in [0.1, 0.15) is 20.3 Å². The molecule has 0 aromatic heterocycles. The molecule has 3 N–H and O–H groups in total. The number of benzene rings is 1. The zero-order chi connectivity index (χ0) is 14.3. The van der Waals surface area contributed by atoms with Gasteiger partial charge in [-0.3, -0.25) is 0 Å². The Morgan fingerprint density at radius 3 is 2.58 bits per heavy atom. The van der Waals surface area contributed by atoms with E-state index < -0.39 is 10.0 Å². The lowest BCUT2D eigenvalue weighted by Gasteiger charge is -2.49. The smallest absolute Gasteiger partial charge is 0.240 e. The summed E-state index contributed by atoms with van der Waals surface area (Å²) in [5.74, 6) is 0. The lowest BCUT2D eigenvalue weighted by molar-refractivity contribution is -0.0510. The van der Waals surface area contributed by atoms with Gasteiger partial charge in [-0.2, -0.15) is 0 Å². The van der Waals surface area contributed by atoms with Gasteiger partial charge in [0, 0.05) is 17.1 Å². The molecule has 19 heavy (non-hydrogen) atoms. The SMILES string of the molecule is CNS(=O)(=O)c1cccc(NC2CC(O)C2(C)C)c1. The van der Waals surface area contributed by atoms with E-state index in [0.717, 1.165) is 5.69 Å². The number of sulfonamides is 1. The first kappa shape index (κ1) is 14.3. The number of anilines is 1. The summed E-state index contributed by atoms with van der Waals surface area (Å²) in [5.41, 5.74) is 0.555. The maximum absolute atomic E-state index is 11.7. The molecule has 0 aliphatic heterocycles. The molecule has 0 bridgehead atoms. The van der Waals surface area contributed by atoms with Crippen LogP contribution in [0.2, 0.25) is 0 Å². The molecule has 0 radical (unpaired) electrons. The molecular weight excluding hydrogens is 264 g/mol. The summed E-state index contributed by atoms with van der Waals surface area (Å²) in [6.45, 7) is 3.99. The highest BCUT2D eigenvalue weighted by atomic mass is 32.2. The second kappa shape index (κ2) is 4.77. The molecule has 1 fully saturated rings. The lowest BCUT2D eigenvalue weighted by Crippen LogP contribution is -2.56. The van der Waals surface area contributed by atoms with Gasteiger partial charge in [0.1, 0.15) is 0 Å². The zero-order valence-electron chi connectivity index (χ0n) is 11.3. The van der Waals surface area contributed by atoms with Crippen molar-refractivity contribution in [1.82, 2.24) is 4.72 Å². The van der Waals surface area contributed by atoms with Crippen molar-refractivity contribution >= 4 is 15.7 Å². The molecule has 1 aromatic rings. The first-order valence-corrected chi connectivity index (χ1v) is 7.74. The van der Waals surface area contributed by atoms with E-state index in [-0.39, 0.29) is 22.5 Å². The van der Waals surface area contributed by atoms with Gasteiger partial charge in [0.15, 0.2) is 0 Å². The molecule has 1 aliphatic carbocycles. The Morgan fingerprint density at radius 1 is 1.37 bits per heavy atom. The number of rotatable bonds is 4. The lowest BCUT2D eigenvalue weighted by atomic mass is 9.64. The second-order valence-corrected chi connectivity index (χ2v) is 7.39. The summed E-state index contributed by atoms with van der Waals surface area (Å²) in [5, 5.41) is 13.0. The monoisotopic (exact) mass is 284 g/mol. The van der Waals surface area contributed by atoms with E-state index in [9.17, 15) is 13.5 Å². The van der Waals surface area contributed by atoms with Crippen molar-refractivity contribution < 1.29 is 13.5 Å². The summed E-state index contributed by atoms with van der Waals surface area (Å²) in [4.78, 5) is 0.234. The van der Waals surface area contributed by atoms with Crippen LogP contribution in [0, 0.1) is 5.41 Å². The van der Waals surface area contributed by atoms with Crippen LogP contribution in [0.15, 0.2) is 29.2 Å². The maximum atomic E-state index is 11.7. The average molecular weight is 284 g/mol. The molecular formula is C13H20N2O3S. The Morgan fingerprint density at radius 2 is 2.05 bits per heavy atom. The van der Waals surface area contributed by atoms with Gasteiger partial charge in [0.05, 0.1) is 11.0 Å². The minimum atomic E-state index is -3.42. The van der Waals surface area contributed by atoms with Crippen molar-refractivity contribution in [3.8, 4) is 0 Å². The molecule has 2 atom stereocenters. The van der Waals surface area contributed by atoms with Gasteiger partial charge in [-0.05, 0) is 31.7 Å². The van der Waals surface area contributed by atoms with Crippen LogP contribution in [0.5, 0.6) is 0 Å². The Kier molecular flexibility index (Phi) is 3.59. The third-order valence-corrected chi connectivity index (χ3v) is 5.38. The standard InChI is InChI=1S/C13H20N2O3S/c1-13(2)11(8-12(13)16)15-9-5-4-6-10(7-9)19(17,18)14-3/h4-7,11-12,14-16H,8H2,1-3H3. The van der Waals surface area contributed by atoms with Crippen LogP contribution in [-0.2, 0) is 10.0 Å². The van der Waals surface area contributed by atoms with E-state index in [2.05, 4.69) is 10.0 Å². The Hall–Kier alpha value is -1.11. The van der Waals surface area contributed by atoms with Crippen molar-refractivity contribution in [3.63, 3.8) is 0 Å². The number of aliphatic hydroxyl groups excluding tert-OH is 1. The molecule has 1 aliphatic rings. The summed E-state index contributed by atoms with van der Waals surface area (Å²) in [6, 6.07) is 6.84.